The fourth-order valence-electron chi connectivity index (χ4n) is 1.18. The van der Waals surface area contributed by atoms with Gasteiger partial charge in [0.05, 0.1) is 6.61 Å². The minimum Gasteiger partial charge on any atom is -0.488 e. The van der Waals surface area contributed by atoms with Crippen LogP contribution in [0.3, 0.4) is 0 Å². The van der Waals surface area contributed by atoms with Gasteiger partial charge in [-0.05, 0) is 31.0 Å². The predicted molar refractivity (Wildman–Crippen MR) is 51.4 cm³/mol. The molecule has 0 aromatic heterocycles. The van der Waals surface area contributed by atoms with Crippen molar-refractivity contribution in [3.8, 4) is 5.75 Å². The molecule has 1 aromatic carbocycles. The largest absolute Gasteiger partial charge is 0.488 e. The molecule has 0 heterocycles. The Labute approximate surface area is 82.0 Å². The molecule has 0 unspecified atom stereocenters. The SMILES string of the molecule is C=CCc1cc(F)c(OCC)c(F)c1. The van der Waals surface area contributed by atoms with Crippen LogP contribution in [-0.4, -0.2) is 6.61 Å². The average Bonchev–Trinajstić information content (AvgIpc) is 2.12. The Bertz CT molecular complexity index is 311. The normalized spacial score (nSPS) is 9.93. The molecule has 0 bridgehead atoms. The predicted octanol–water partition coefficient (Wildman–Crippen LogP) is 3.09. The number of benzene rings is 1. The first-order valence-electron chi connectivity index (χ1n) is 4.40. The third kappa shape index (κ3) is 2.31. The van der Waals surface area contributed by atoms with Gasteiger partial charge in [-0.2, -0.15) is 0 Å². The first-order valence-corrected chi connectivity index (χ1v) is 4.40. The van der Waals surface area contributed by atoms with Gasteiger partial charge in [-0.1, -0.05) is 6.08 Å². The lowest BCUT2D eigenvalue weighted by molar-refractivity contribution is 0.302. The van der Waals surface area contributed by atoms with E-state index in [1.165, 1.54) is 12.1 Å². The lowest BCUT2D eigenvalue weighted by atomic mass is 10.1. The molecular formula is C11H12F2O. The van der Waals surface area contributed by atoms with Crippen LogP contribution in [0, 0.1) is 11.6 Å². The minimum atomic E-state index is -0.663. The molecule has 1 aromatic rings. The Kier molecular flexibility index (Phi) is 3.63. The molecule has 0 spiro atoms. The van der Waals surface area contributed by atoms with Gasteiger partial charge in [0, 0.05) is 0 Å². The van der Waals surface area contributed by atoms with Crippen molar-refractivity contribution in [2.45, 2.75) is 13.3 Å². The van der Waals surface area contributed by atoms with E-state index in [-0.39, 0.29) is 12.4 Å². The average molecular weight is 198 g/mol. The molecule has 0 aliphatic carbocycles. The summed E-state index contributed by atoms with van der Waals surface area (Å²) >= 11 is 0. The van der Waals surface area contributed by atoms with Crippen molar-refractivity contribution >= 4 is 0 Å². The third-order valence-corrected chi connectivity index (χ3v) is 1.73. The maximum atomic E-state index is 13.2. The minimum absolute atomic E-state index is 0.245. The van der Waals surface area contributed by atoms with E-state index < -0.39 is 11.6 Å². The Morgan fingerprint density at radius 3 is 2.36 bits per heavy atom. The Morgan fingerprint density at radius 1 is 1.36 bits per heavy atom. The molecule has 0 atom stereocenters. The maximum Gasteiger partial charge on any atom is 0.190 e. The summed E-state index contributed by atoms with van der Waals surface area (Å²) in [5.41, 5.74) is 0.554. The van der Waals surface area contributed by atoms with Gasteiger partial charge in [-0.25, -0.2) is 8.78 Å². The monoisotopic (exact) mass is 198 g/mol. The molecule has 1 nitrogen and oxygen atoms in total. The van der Waals surface area contributed by atoms with Gasteiger partial charge in [-0.15, -0.1) is 6.58 Å². The molecular weight excluding hydrogens is 186 g/mol. The second-order valence-corrected chi connectivity index (χ2v) is 2.81. The zero-order valence-electron chi connectivity index (χ0n) is 8.02. The lowest BCUT2D eigenvalue weighted by Crippen LogP contribution is -1.99. The van der Waals surface area contributed by atoms with E-state index >= 15 is 0 Å². The van der Waals surface area contributed by atoms with Crippen LogP contribution in [0.1, 0.15) is 12.5 Å². The maximum absolute atomic E-state index is 13.2. The zero-order valence-corrected chi connectivity index (χ0v) is 8.02. The number of ether oxygens (including phenoxy) is 1. The van der Waals surface area contributed by atoms with Gasteiger partial charge in [-0.3, -0.25) is 0 Å². The van der Waals surface area contributed by atoms with Crippen molar-refractivity contribution in [2.75, 3.05) is 6.61 Å². The smallest absolute Gasteiger partial charge is 0.190 e. The molecule has 3 heteroatoms. The molecule has 0 aliphatic rings. The molecule has 0 aliphatic heterocycles. The summed E-state index contributed by atoms with van der Waals surface area (Å²) in [6, 6.07) is 2.52. The molecule has 0 saturated heterocycles. The van der Waals surface area contributed by atoms with E-state index in [1.807, 2.05) is 0 Å². The molecule has 0 amide bonds. The fourth-order valence-corrected chi connectivity index (χ4v) is 1.18. The molecule has 76 valence electrons. The lowest BCUT2D eigenvalue weighted by Gasteiger charge is -2.07. The van der Waals surface area contributed by atoms with E-state index in [1.54, 1.807) is 13.0 Å². The Balaban J connectivity index is 3.04. The van der Waals surface area contributed by atoms with Crippen LogP contribution in [0.15, 0.2) is 24.8 Å². The van der Waals surface area contributed by atoms with E-state index in [0.29, 0.717) is 12.0 Å². The van der Waals surface area contributed by atoms with E-state index in [0.717, 1.165) is 0 Å². The van der Waals surface area contributed by atoms with Crippen LogP contribution in [-0.2, 0) is 6.42 Å². The van der Waals surface area contributed by atoms with Gasteiger partial charge in [0.1, 0.15) is 0 Å². The number of allylic oxidation sites excluding steroid dienone is 1. The second-order valence-electron chi connectivity index (χ2n) is 2.81. The van der Waals surface area contributed by atoms with Gasteiger partial charge in [0.2, 0.25) is 0 Å². The molecule has 0 radical (unpaired) electrons. The van der Waals surface area contributed by atoms with Crippen molar-refractivity contribution in [1.29, 1.82) is 0 Å². The number of hydrogen-bond acceptors (Lipinski definition) is 1. The van der Waals surface area contributed by atoms with Gasteiger partial charge in [0.25, 0.3) is 0 Å². The summed E-state index contributed by atoms with van der Waals surface area (Å²) < 4.78 is 31.3. The van der Waals surface area contributed by atoms with E-state index in [2.05, 4.69) is 6.58 Å². The van der Waals surface area contributed by atoms with Crippen LogP contribution in [0.2, 0.25) is 0 Å². The van der Waals surface area contributed by atoms with Gasteiger partial charge >= 0.3 is 0 Å². The zero-order chi connectivity index (χ0) is 10.6. The molecule has 0 saturated carbocycles. The van der Waals surface area contributed by atoms with Crippen molar-refractivity contribution in [2.24, 2.45) is 0 Å². The third-order valence-electron chi connectivity index (χ3n) is 1.73. The topological polar surface area (TPSA) is 9.23 Å². The van der Waals surface area contributed by atoms with Gasteiger partial charge < -0.3 is 4.74 Å². The first-order chi connectivity index (χ1) is 6.69. The summed E-state index contributed by atoms with van der Waals surface area (Å²) in [5.74, 6) is -1.63. The number of halogens is 2. The molecule has 0 N–H and O–H groups in total. The summed E-state index contributed by atoms with van der Waals surface area (Å²) in [6.45, 7) is 5.42. The van der Waals surface area contributed by atoms with Crippen molar-refractivity contribution in [3.63, 3.8) is 0 Å². The molecule has 14 heavy (non-hydrogen) atoms. The summed E-state index contributed by atoms with van der Waals surface area (Å²) in [5, 5.41) is 0. The highest BCUT2D eigenvalue weighted by Gasteiger charge is 2.11. The van der Waals surface area contributed by atoms with E-state index in [9.17, 15) is 8.78 Å². The standard InChI is InChI=1S/C11H12F2O/c1-3-5-8-6-9(12)11(14-4-2)10(13)7-8/h3,6-7H,1,4-5H2,2H3. The summed E-state index contributed by atoms with van der Waals surface area (Å²) in [4.78, 5) is 0. The van der Waals surface area contributed by atoms with Crippen LogP contribution < -0.4 is 4.74 Å². The highest BCUT2D eigenvalue weighted by atomic mass is 19.1. The quantitative estimate of drug-likeness (QED) is 0.675. The van der Waals surface area contributed by atoms with Crippen LogP contribution in [0.4, 0.5) is 8.78 Å². The van der Waals surface area contributed by atoms with Gasteiger partial charge in [0.15, 0.2) is 17.4 Å². The Morgan fingerprint density at radius 2 is 1.93 bits per heavy atom. The summed E-state index contributed by atoms with van der Waals surface area (Å²) in [6.07, 6.45) is 2.04. The summed E-state index contributed by atoms with van der Waals surface area (Å²) in [7, 11) is 0. The van der Waals surface area contributed by atoms with E-state index in [4.69, 9.17) is 4.74 Å². The van der Waals surface area contributed by atoms with Crippen LogP contribution >= 0.6 is 0 Å². The van der Waals surface area contributed by atoms with Crippen LogP contribution in [0.25, 0.3) is 0 Å². The highest BCUT2D eigenvalue weighted by molar-refractivity contribution is 5.32. The van der Waals surface area contributed by atoms with Crippen molar-refractivity contribution in [1.82, 2.24) is 0 Å². The van der Waals surface area contributed by atoms with Crippen molar-refractivity contribution < 1.29 is 13.5 Å². The van der Waals surface area contributed by atoms with Crippen LogP contribution in [0.5, 0.6) is 5.75 Å². The van der Waals surface area contributed by atoms with Crippen molar-refractivity contribution in [3.05, 3.63) is 42.0 Å². The first kappa shape index (κ1) is 10.7. The molecule has 0 fully saturated rings. The Hall–Kier alpha value is -1.38. The number of rotatable bonds is 4. The second kappa shape index (κ2) is 4.74. The highest BCUT2D eigenvalue weighted by Crippen LogP contribution is 2.23. The number of hydrogen-bond donors (Lipinski definition) is 0. The molecule has 1 rings (SSSR count). The fraction of sp³-hybridized carbons (Fsp3) is 0.273.